The minimum Gasteiger partial charge on any atom is -0.298 e. The van der Waals surface area contributed by atoms with Crippen LogP contribution in [0.3, 0.4) is 0 Å². The molecule has 2 aromatic rings. The van der Waals surface area contributed by atoms with E-state index in [0.29, 0.717) is 30.1 Å². The van der Waals surface area contributed by atoms with Gasteiger partial charge in [0.05, 0.1) is 12.2 Å². The Morgan fingerprint density at radius 2 is 2.00 bits per heavy atom. The quantitative estimate of drug-likeness (QED) is 0.851. The van der Waals surface area contributed by atoms with E-state index in [1.807, 2.05) is 4.90 Å². The van der Waals surface area contributed by atoms with Gasteiger partial charge in [0.1, 0.15) is 5.52 Å². The Bertz CT molecular complexity index is 675. The predicted octanol–water partition coefficient (Wildman–Crippen LogP) is 3.86. The van der Waals surface area contributed by atoms with E-state index in [2.05, 4.69) is 12.0 Å². The van der Waals surface area contributed by atoms with Crippen LogP contribution in [0.4, 0.5) is 13.2 Å². The lowest BCUT2D eigenvalue weighted by atomic mass is 9.82. The van der Waals surface area contributed by atoms with Crippen LogP contribution in [0.25, 0.3) is 5.52 Å². The minimum absolute atomic E-state index is 0.148. The molecule has 0 saturated carbocycles. The van der Waals surface area contributed by atoms with Gasteiger partial charge in [-0.1, -0.05) is 6.92 Å². The largest absolute Gasteiger partial charge is 0.298 e. The summed E-state index contributed by atoms with van der Waals surface area (Å²) in [5.74, 6) is 0.299. The summed E-state index contributed by atoms with van der Waals surface area (Å²) in [6, 6.07) is 3.46. The highest BCUT2D eigenvalue weighted by atomic mass is 19.3. The number of nitrogens with zero attached hydrogens (tertiary/aromatic N) is 3. The number of likely N-dealkylation sites (tertiary alicyclic amines) is 1. The maximum absolute atomic E-state index is 14.4. The first-order chi connectivity index (χ1) is 11.0. The molecule has 23 heavy (non-hydrogen) atoms. The Morgan fingerprint density at radius 3 is 2.65 bits per heavy atom. The van der Waals surface area contributed by atoms with E-state index in [1.165, 1.54) is 0 Å². The molecular formula is C17H22F3N3. The zero-order valence-electron chi connectivity index (χ0n) is 13.5. The van der Waals surface area contributed by atoms with E-state index in [1.54, 1.807) is 29.8 Å². The van der Waals surface area contributed by atoms with Gasteiger partial charge in [-0.05, 0) is 50.9 Å². The van der Waals surface area contributed by atoms with E-state index in [4.69, 9.17) is 0 Å². The number of hydrogen-bond acceptors (Lipinski definition) is 2. The van der Waals surface area contributed by atoms with Crippen LogP contribution < -0.4 is 0 Å². The Labute approximate surface area is 134 Å². The van der Waals surface area contributed by atoms with E-state index in [9.17, 15) is 13.2 Å². The molecule has 1 aliphatic heterocycles. The van der Waals surface area contributed by atoms with E-state index >= 15 is 0 Å². The van der Waals surface area contributed by atoms with Gasteiger partial charge < -0.3 is 0 Å². The van der Waals surface area contributed by atoms with Gasteiger partial charge in [-0.15, -0.1) is 0 Å². The van der Waals surface area contributed by atoms with Gasteiger partial charge in [-0.3, -0.25) is 4.90 Å². The number of hydrogen-bond donors (Lipinski definition) is 0. The summed E-state index contributed by atoms with van der Waals surface area (Å²) < 4.78 is 41.0. The van der Waals surface area contributed by atoms with Crippen molar-refractivity contribution in [3.63, 3.8) is 0 Å². The van der Waals surface area contributed by atoms with E-state index in [0.717, 1.165) is 18.5 Å². The second-order valence-corrected chi connectivity index (χ2v) is 6.46. The van der Waals surface area contributed by atoms with Gasteiger partial charge in [0, 0.05) is 17.7 Å². The van der Waals surface area contributed by atoms with Gasteiger partial charge in [0.25, 0.3) is 6.43 Å². The summed E-state index contributed by atoms with van der Waals surface area (Å²) in [4.78, 5) is 1.82. The molecule has 3 rings (SSSR count). The number of alkyl halides is 2. The molecule has 1 saturated heterocycles. The zero-order chi connectivity index (χ0) is 16.6. The molecule has 3 nitrogen and oxygen atoms in total. The van der Waals surface area contributed by atoms with Crippen LogP contribution in [-0.4, -0.2) is 40.6 Å². The average Bonchev–Trinajstić information content (AvgIpc) is 2.79. The Balaban J connectivity index is 1.80. The summed E-state index contributed by atoms with van der Waals surface area (Å²) in [7, 11) is 0. The molecule has 0 bridgehead atoms. The zero-order valence-corrected chi connectivity index (χ0v) is 13.5. The number of aromatic nitrogens is 2. The molecule has 1 aliphatic rings. The number of fused-ring (bicyclic) bond motifs is 1. The van der Waals surface area contributed by atoms with Crippen molar-refractivity contribution in [3.05, 3.63) is 35.4 Å². The first kappa shape index (κ1) is 16.3. The third-order valence-electron chi connectivity index (χ3n) is 5.08. The Hall–Kier alpha value is -1.56. The van der Waals surface area contributed by atoms with Crippen LogP contribution >= 0.6 is 0 Å². The standard InChI is InChI=1S/C17H22F3N3/c1-11(13-5-8-22(9-6-13)10-15(18)19)17-12(2)16(20)14-4-3-7-21-23(14)17/h3-4,7,11,13,15H,5-6,8-10H2,1-2H3/t11-/m0/s1. The summed E-state index contributed by atoms with van der Waals surface area (Å²) in [6.07, 6.45) is 1.09. The maximum atomic E-state index is 14.4. The fourth-order valence-corrected chi connectivity index (χ4v) is 3.78. The lowest BCUT2D eigenvalue weighted by Gasteiger charge is -2.34. The van der Waals surface area contributed by atoms with Gasteiger partial charge in [0.15, 0.2) is 5.82 Å². The first-order valence-electron chi connectivity index (χ1n) is 8.11. The fourth-order valence-electron chi connectivity index (χ4n) is 3.78. The van der Waals surface area contributed by atoms with Crippen LogP contribution in [0.2, 0.25) is 0 Å². The predicted molar refractivity (Wildman–Crippen MR) is 83.5 cm³/mol. The summed E-state index contributed by atoms with van der Waals surface area (Å²) >= 11 is 0. The summed E-state index contributed by atoms with van der Waals surface area (Å²) in [5.41, 5.74) is 2.05. The normalized spacial score (nSPS) is 18.9. The first-order valence-corrected chi connectivity index (χ1v) is 8.11. The third-order valence-corrected chi connectivity index (χ3v) is 5.08. The molecule has 2 aromatic heterocycles. The van der Waals surface area contributed by atoms with Crippen molar-refractivity contribution in [2.45, 2.75) is 39.0 Å². The molecule has 1 fully saturated rings. The lowest BCUT2D eigenvalue weighted by molar-refractivity contribution is 0.0662. The lowest BCUT2D eigenvalue weighted by Crippen LogP contribution is -2.38. The Morgan fingerprint density at radius 1 is 1.30 bits per heavy atom. The highest BCUT2D eigenvalue weighted by Crippen LogP contribution is 2.36. The highest BCUT2D eigenvalue weighted by molar-refractivity contribution is 5.54. The van der Waals surface area contributed by atoms with Crippen LogP contribution in [0, 0.1) is 18.7 Å². The van der Waals surface area contributed by atoms with Gasteiger partial charge >= 0.3 is 0 Å². The van der Waals surface area contributed by atoms with Crippen molar-refractivity contribution in [2.24, 2.45) is 5.92 Å². The van der Waals surface area contributed by atoms with Crippen molar-refractivity contribution < 1.29 is 13.2 Å². The molecule has 0 amide bonds. The minimum atomic E-state index is -2.28. The van der Waals surface area contributed by atoms with Crippen molar-refractivity contribution in [3.8, 4) is 0 Å². The molecule has 126 valence electrons. The Kier molecular flexibility index (Phi) is 4.62. The molecular weight excluding hydrogens is 303 g/mol. The van der Waals surface area contributed by atoms with Crippen molar-refractivity contribution in [1.29, 1.82) is 0 Å². The van der Waals surface area contributed by atoms with E-state index < -0.39 is 6.43 Å². The number of halogens is 3. The fraction of sp³-hybridized carbons (Fsp3) is 0.588. The van der Waals surface area contributed by atoms with Gasteiger partial charge in [0.2, 0.25) is 0 Å². The SMILES string of the molecule is Cc1c(F)c2cccnn2c1[C@@H](C)C1CCN(CC(F)F)CC1. The van der Waals surface area contributed by atoms with Gasteiger partial charge in [-0.2, -0.15) is 5.10 Å². The molecule has 1 atom stereocenters. The smallest absolute Gasteiger partial charge is 0.251 e. The average molecular weight is 325 g/mol. The van der Waals surface area contributed by atoms with Crippen molar-refractivity contribution >= 4 is 5.52 Å². The summed E-state index contributed by atoms with van der Waals surface area (Å²) in [6.45, 7) is 5.09. The summed E-state index contributed by atoms with van der Waals surface area (Å²) in [5, 5.41) is 4.30. The van der Waals surface area contributed by atoms with Crippen LogP contribution in [0.1, 0.15) is 36.9 Å². The third kappa shape index (κ3) is 3.09. The van der Waals surface area contributed by atoms with E-state index in [-0.39, 0.29) is 18.3 Å². The molecule has 0 unspecified atom stereocenters. The second-order valence-electron chi connectivity index (χ2n) is 6.46. The molecule has 0 aliphatic carbocycles. The van der Waals surface area contributed by atoms with Crippen LogP contribution in [0.15, 0.2) is 18.3 Å². The topological polar surface area (TPSA) is 20.5 Å². The highest BCUT2D eigenvalue weighted by Gasteiger charge is 2.30. The second kappa shape index (κ2) is 6.51. The molecule has 0 spiro atoms. The number of rotatable bonds is 4. The molecule has 3 heterocycles. The van der Waals surface area contributed by atoms with Crippen molar-refractivity contribution in [2.75, 3.05) is 19.6 Å². The molecule has 0 N–H and O–H groups in total. The maximum Gasteiger partial charge on any atom is 0.251 e. The molecule has 0 radical (unpaired) electrons. The molecule has 0 aromatic carbocycles. The van der Waals surface area contributed by atoms with Gasteiger partial charge in [-0.25, -0.2) is 17.7 Å². The van der Waals surface area contributed by atoms with Crippen LogP contribution in [0.5, 0.6) is 0 Å². The van der Waals surface area contributed by atoms with Crippen LogP contribution in [-0.2, 0) is 0 Å². The van der Waals surface area contributed by atoms with Crippen molar-refractivity contribution in [1.82, 2.24) is 14.5 Å². The number of piperidine rings is 1. The molecule has 6 heteroatoms. The monoisotopic (exact) mass is 325 g/mol.